The van der Waals surface area contributed by atoms with Gasteiger partial charge in [0.25, 0.3) is 0 Å². The largest absolute Gasteiger partial charge is 0.465 e. The van der Waals surface area contributed by atoms with Gasteiger partial charge in [0.15, 0.2) is 0 Å². The maximum Gasteiger partial charge on any atom is 0.339 e. The average Bonchev–Trinajstić information content (AvgIpc) is 2.34. The van der Waals surface area contributed by atoms with Crippen molar-refractivity contribution in [3.63, 3.8) is 0 Å². The minimum atomic E-state index is -0.303. The zero-order valence-corrected chi connectivity index (χ0v) is 10.7. The van der Waals surface area contributed by atoms with Gasteiger partial charge in [0.05, 0.1) is 18.4 Å². The Balaban J connectivity index is 2.88. The molecule has 0 N–H and O–H groups in total. The summed E-state index contributed by atoms with van der Waals surface area (Å²) < 4.78 is 4.77. The number of nitrogens with zero attached hydrogens (tertiary/aromatic N) is 1. The van der Waals surface area contributed by atoms with Gasteiger partial charge in [0.2, 0.25) is 0 Å². The number of hydrogen-bond donors (Lipinski definition) is 0. The standard InChI is InChI=1S/C14H19NO2/c1-11(2)9-10-15(3)13-8-6-5-7-12(13)14(16)17-4/h5-8H,1,9-10H2,2-4H3. The van der Waals surface area contributed by atoms with Gasteiger partial charge in [-0.05, 0) is 25.5 Å². The molecule has 1 aromatic rings. The van der Waals surface area contributed by atoms with Crippen LogP contribution in [0.4, 0.5) is 5.69 Å². The normalized spacial score (nSPS) is 9.82. The van der Waals surface area contributed by atoms with Crippen molar-refractivity contribution >= 4 is 11.7 Å². The van der Waals surface area contributed by atoms with Gasteiger partial charge in [-0.15, -0.1) is 6.58 Å². The first-order valence-electron chi connectivity index (χ1n) is 5.59. The first kappa shape index (κ1) is 13.3. The van der Waals surface area contributed by atoms with Gasteiger partial charge < -0.3 is 9.64 Å². The lowest BCUT2D eigenvalue weighted by Gasteiger charge is -2.21. The van der Waals surface area contributed by atoms with Crippen LogP contribution >= 0.6 is 0 Å². The fraction of sp³-hybridized carbons (Fsp3) is 0.357. The minimum Gasteiger partial charge on any atom is -0.465 e. The van der Waals surface area contributed by atoms with Gasteiger partial charge in [-0.2, -0.15) is 0 Å². The van der Waals surface area contributed by atoms with Crippen LogP contribution in [0.2, 0.25) is 0 Å². The molecule has 0 amide bonds. The van der Waals surface area contributed by atoms with Gasteiger partial charge in [0.1, 0.15) is 0 Å². The Kier molecular flexibility index (Phi) is 4.76. The SMILES string of the molecule is C=C(C)CCN(C)c1ccccc1C(=O)OC. The molecule has 0 spiro atoms. The molecular formula is C14H19NO2. The zero-order chi connectivity index (χ0) is 12.8. The summed E-state index contributed by atoms with van der Waals surface area (Å²) in [4.78, 5) is 13.7. The Morgan fingerprint density at radius 1 is 1.41 bits per heavy atom. The minimum absolute atomic E-state index is 0.303. The molecule has 3 heteroatoms. The van der Waals surface area contributed by atoms with Crippen molar-refractivity contribution in [3.05, 3.63) is 42.0 Å². The van der Waals surface area contributed by atoms with Crippen LogP contribution in [-0.2, 0) is 4.74 Å². The van der Waals surface area contributed by atoms with E-state index in [-0.39, 0.29) is 5.97 Å². The van der Waals surface area contributed by atoms with Crippen molar-refractivity contribution < 1.29 is 9.53 Å². The highest BCUT2D eigenvalue weighted by Crippen LogP contribution is 2.20. The Morgan fingerprint density at radius 2 is 2.06 bits per heavy atom. The lowest BCUT2D eigenvalue weighted by atomic mass is 10.1. The van der Waals surface area contributed by atoms with Gasteiger partial charge in [-0.1, -0.05) is 17.7 Å². The zero-order valence-electron chi connectivity index (χ0n) is 10.7. The van der Waals surface area contributed by atoms with Crippen LogP contribution in [0.1, 0.15) is 23.7 Å². The second kappa shape index (κ2) is 6.09. The highest BCUT2D eigenvalue weighted by molar-refractivity contribution is 5.95. The number of carbonyl (C=O) groups is 1. The number of rotatable bonds is 5. The number of carbonyl (C=O) groups excluding carboxylic acids is 1. The Labute approximate surface area is 103 Å². The lowest BCUT2D eigenvalue weighted by molar-refractivity contribution is 0.0601. The van der Waals surface area contributed by atoms with E-state index in [0.29, 0.717) is 5.56 Å². The lowest BCUT2D eigenvalue weighted by Crippen LogP contribution is -2.21. The highest BCUT2D eigenvalue weighted by atomic mass is 16.5. The van der Waals surface area contributed by atoms with E-state index in [1.54, 1.807) is 6.07 Å². The van der Waals surface area contributed by atoms with E-state index in [9.17, 15) is 4.79 Å². The van der Waals surface area contributed by atoms with Crippen LogP contribution in [0.5, 0.6) is 0 Å². The molecule has 0 aliphatic carbocycles. The smallest absolute Gasteiger partial charge is 0.339 e. The summed E-state index contributed by atoms with van der Waals surface area (Å²) in [6.07, 6.45) is 0.909. The summed E-state index contributed by atoms with van der Waals surface area (Å²) in [5, 5.41) is 0. The van der Waals surface area contributed by atoms with Crippen LogP contribution in [-0.4, -0.2) is 26.7 Å². The second-order valence-electron chi connectivity index (χ2n) is 4.14. The third-order valence-electron chi connectivity index (χ3n) is 2.59. The molecule has 0 aliphatic heterocycles. The van der Waals surface area contributed by atoms with E-state index >= 15 is 0 Å². The fourth-order valence-electron chi connectivity index (χ4n) is 1.57. The summed E-state index contributed by atoms with van der Waals surface area (Å²) in [6, 6.07) is 7.45. The molecule has 17 heavy (non-hydrogen) atoms. The molecule has 0 atom stereocenters. The van der Waals surface area contributed by atoms with Gasteiger partial charge in [-0.25, -0.2) is 4.79 Å². The molecule has 0 bridgehead atoms. The first-order valence-corrected chi connectivity index (χ1v) is 5.59. The molecule has 92 valence electrons. The van der Waals surface area contributed by atoms with Gasteiger partial charge in [-0.3, -0.25) is 0 Å². The van der Waals surface area contributed by atoms with E-state index in [1.807, 2.05) is 37.1 Å². The number of hydrogen-bond acceptors (Lipinski definition) is 3. The van der Waals surface area contributed by atoms with Crippen LogP contribution in [0.15, 0.2) is 36.4 Å². The monoisotopic (exact) mass is 233 g/mol. The number of anilines is 1. The molecule has 0 unspecified atom stereocenters. The van der Waals surface area contributed by atoms with E-state index in [0.717, 1.165) is 24.2 Å². The van der Waals surface area contributed by atoms with Crippen molar-refractivity contribution in [2.45, 2.75) is 13.3 Å². The highest BCUT2D eigenvalue weighted by Gasteiger charge is 2.13. The number of ether oxygens (including phenoxy) is 1. The van der Waals surface area contributed by atoms with E-state index in [2.05, 4.69) is 6.58 Å². The Morgan fingerprint density at radius 3 is 2.65 bits per heavy atom. The molecule has 0 saturated carbocycles. The quantitative estimate of drug-likeness (QED) is 0.578. The number of benzene rings is 1. The van der Waals surface area contributed by atoms with E-state index < -0.39 is 0 Å². The molecule has 0 aromatic heterocycles. The topological polar surface area (TPSA) is 29.5 Å². The molecule has 1 aromatic carbocycles. The van der Waals surface area contributed by atoms with Crippen molar-refractivity contribution in [3.8, 4) is 0 Å². The second-order valence-corrected chi connectivity index (χ2v) is 4.14. The third kappa shape index (κ3) is 3.63. The number of esters is 1. The summed E-state index contributed by atoms with van der Waals surface area (Å²) in [6.45, 7) is 6.71. The van der Waals surface area contributed by atoms with Gasteiger partial charge >= 0.3 is 5.97 Å². The van der Waals surface area contributed by atoms with Crippen molar-refractivity contribution in [2.75, 3.05) is 25.6 Å². The first-order chi connectivity index (χ1) is 8.06. The van der Waals surface area contributed by atoms with Crippen LogP contribution in [0.25, 0.3) is 0 Å². The molecule has 0 heterocycles. The molecule has 0 fully saturated rings. The number of methoxy groups -OCH3 is 1. The Bertz CT molecular complexity index is 412. The predicted molar refractivity (Wildman–Crippen MR) is 70.5 cm³/mol. The molecule has 0 radical (unpaired) electrons. The summed E-state index contributed by atoms with van der Waals surface area (Å²) in [5.41, 5.74) is 2.62. The van der Waals surface area contributed by atoms with Crippen molar-refractivity contribution in [2.24, 2.45) is 0 Å². The summed E-state index contributed by atoms with van der Waals surface area (Å²) in [7, 11) is 3.36. The Hall–Kier alpha value is -1.77. The fourth-order valence-corrected chi connectivity index (χ4v) is 1.57. The molecule has 0 saturated heterocycles. The van der Waals surface area contributed by atoms with Gasteiger partial charge in [0, 0.05) is 13.6 Å². The van der Waals surface area contributed by atoms with E-state index in [4.69, 9.17) is 4.74 Å². The van der Waals surface area contributed by atoms with E-state index in [1.165, 1.54) is 7.11 Å². The average molecular weight is 233 g/mol. The molecule has 1 rings (SSSR count). The van der Waals surface area contributed by atoms with Crippen LogP contribution in [0.3, 0.4) is 0 Å². The maximum absolute atomic E-state index is 11.6. The van der Waals surface area contributed by atoms with Crippen molar-refractivity contribution in [1.82, 2.24) is 0 Å². The van der Waals surface area contributed by atoms with Crippen molar-refractivity contribution in [1.29, 1.82) is 0 Å². The third-order valence-corrected chi connectivity index (χ3v) is 2.59. The molecule has 3 nitrogen and oxygen atoms in total. The maximum atomic E-state index is 11.6. The van der Waals surface area contributed by atoms with Crippen LogP contribution in [0, 0.1) is 0 Å². The van der Waals surface area contributed by atoms with Crippen LogP contribution < -0.4 is 4.90 Å². The summed E-state index contributed by atoms with van der Waals surface area (Å²) >= 11 is 0. The predicted octanol–water partition coefficient (Wildman–Crippen LogP) is 2.88. The molecular weight excluding hydrogens is 214 g/mol. The summed E-state index contributed by atoms with van der Waals surface area (Å²) in [5.74, 6) is -0.303. The number of para-hydroxylation sites is 1. The molecule has 0 aliphatic rings.